The van der Waals surface area contributed by atoms with Crippen LogP contribution in [-0.4, -0.2) is 32.1 Å². The van der Waals surface area contributed by atoms with Crippen LogP contribution in [0.4, 0.5) is 0 Å². The number of nitriles is 1. The molecule has 0 aliphatic carbocycles. The molecule has 0 aromatic heterocycles. The van der Waals surface area contributed by atoms with Crippen molar-refractivity contribution in [3.63, 3.8) is 0 Å². The summed E-state index contributed by atoms with van der Waals surface area (Å²) < 4.78 is 26.4. The van der Waals surface area contributed by atoms with Crippen LogP contribution < -0.4 is 0 Å². The van der Waals surface area contributed by atoms with E-state index in [-0.39, 0.29) is 27.9 Å². The molecule has 1 atom stereocenters. The molecule has 1 aliphatic rings. The lowest BCUT2D eigenvalue weighted by molar-refractivity contribution is -0.112. The summed E-state index contributed by atoms with van der Waals surface area (Å²) in [6, 6.07) is 6.00. The number of halogens is 1. The van der Waals surface area contributed by atoms with Gasteiger partial charge in [0.05, 0.1) is 5.56 Å². The number of rotatable bonds is 3. The van der Waals surface area contributed by atoms with E-state index in [9.17, 15) is 13.2 Å². The summed E-state index contributed by atoms with van der Waals surface area (Å²) >= 11 is 5.83. The summed E-state index contributed by atoms with van der Waals surface area (Å²) in [6.07, 6.45) is 2.10. The fourth-order valence-electron chi connectivity index (χ4n) is 2.24. The van der Waals surface area contributed by atoms with Gasteiger partial charge in [0.25, 0.3) is 0 Å². The van der Waals surface area contributed by atoms with Gasteiger partial charge in [-0.2, -0.15) is 9.57 Å². The van der Waals surface area contributed by atoms with E-state index in [4.69, 9.17) is 16.9 Å². The Morgan fingerprint density at radius 3 is 2.85 bits per heavy atom. The molecule has 20 heavy (non-hydrogen) atoms. The Kier molecular flexibility index (Phi) is 4.43. The quantitative estimate of drug-likeness (QED) is 0.797. The Morgan fingerprint density at radius 1 is 1.45 bits per heavy atom. The van der Waals surface area contributed by atoms with E-state index in [1.165, 1.54) is 22.5 Å². The van der Waals surface area contributed by atoms with E-state index in [0.717, 1.165) is 6.29 Å². The first-order valence-electron chi connectivity index (χ1n) is 6.14. The third-order valence-corrected chi connectivity index (χ3v) is 5.44. The Labute approximate surface area is 122 Å². The van der Waals surface area contributed by atoms with Gasteiger partial charge in [-0.1, -0.05) is 11.6 Å². The van der Waals surface area contributed by atoms with Crippen molar-refractivity contribution >= 4 is 27.9 Å². The van der Waals surface area contributed by atoms with E-state index in [1.54, 1.807) is 0 Å². The highest BCUT2D eigenvalue weighted by atomic mass is 35.5. The highest BCUT2D eigenvalue weighted by Gasteiger charge is 2.31. The van der Waals surface area contributed by atoms with Crippen LogP contribution in [0.15, 0.2) is 23.1 Å². The average molecular weight is 313 g/mol. The number of nitrogens with zero attached hydrogens (tertiary/aromatic N) is 2. The van der Waals surface area contributed by atoms with Gasteiger partial charge in [0.2, 0.25) is 10.0 Å². The van der Waals surface area contributed by atoms with Crippen molar-refractivity contribution in [1.82, 2.24) is 4.31 Å². The maximum absolute atomic E-state index is 12.6. The molecule has 1 heterocycles. The zero-order valence-electron chi connectivity index (χ0n) is 10.6. The minimum Gasteiger partial charge on any atom is -0.303 e. The van der Waals surface area contributed by atoms with Crippen molar-refractivity contribution in [3.8, 4) is 6.07 Å². The predicted molar refractivity (Wildman–Crippen MR) is 73.7 cm³/mol. The minimum atomic E-state index is -3.80. The lowest BCUT2D eigenvalue weighted by Crippen LogP contribution is -2.40. The summed E-state index contributed by atoms with van der Waals surface area (Å²) in [4.78, 5) is 10.8. The van der Waals surface area contributed by atoms with Crippen LogP contribution in [-0.2, 0) is 14.8 Å². The van der Waals surface area contributed by atoms with Crippen LogP contribution in [0.3, 0.4) is 0 Å². The molecule has 0 N–H and O–H groups in total. The SMILES string of the molecule is N#Cc1ccc(Cl)cc1S(=O)(=O)N1CCCC(C=O)C1. The van der Waals surface area contributed by atoms with Gasteiger partial charge in [0.15, 0.2) is 0 Å². The average Bonchev–Trinajstić information content (AvgIpc) is 2.47. The van der Waals surface area contributed by atoms with Crippen molar-refractivity contribution in [3.05, 3.63) is 28.8 Å². The summed E-state index contributed by atoms with van der Waals surface area (Å²) in [5.41, 5.74) is 0.0580. The largest absolute Gasteiger partial charge is 0.303 e. The van der Waals surface area contributed by atoms with Crippen LogP contribution in [0, 0.1) is 17.2 Å². The Balaban J connectivity index is 2.42. The lowest BCUT2D eigenvalue weighted by Gasteiger charge is -2.29. The highest BCUT2D eigenvalue weighted by molar-refractivity contribution is 7.89. The summed E-state index contributed by atoms with van der Waals surface area (Å²) in [5, 5.41) is 9.29. The molecule has 0 radical (unpaired) electrons. The molecule has 2 rings (SSSR count). The normalized spacial score (nSPS) is 20.3. The molecule has 106 valence electrons. The number of sulfonamides is 1. The van der Waals surface area contributed by atoms with Crippen LogP contribution in [0.1, 0.15) is 18.4 Å². The lowest BCUT2D eigenvalue weighted by atomic mass is 10.0. The molecular weight excluding hydrogens is 300 g/mol. The zero-order chi connectivity index (χ0) is 14.8. The standard InChI is InChI=1S/C13H13ClN2O3S/c14-12-4-3-11(7-15)13(6-12)20(18,19)16-5-1-2-10(8-16)9-17/h3-4,6,9-10H,1-2,5,8H2. The molecular formula is C13H13ClN2O3S. The molecule has 1 saturated heterocycles. The van der Waals surface area contributed by atoms with Gasteiger partial charge < -0.3 is 4.79 Å². The van der Waals surface area contributed by atoms with Crippen LogP contribution in [0.25, 0.3) is 0 Å². The second kappa shape index (κ2) is 5.92. The van der Waals surface area contributed by atoms with Gasteiger partial charge >= 0.3 is 0 Å². The summed E-state index contributed by atoms with van der Waals surface area (Å²) in [6.45, 7) is 0.507. The Bertz CT molecular complexity index is 667. The zero-order valence-corrected chi connectivity index (χ0v) is 12.2. The molecule has 1 aromatic carbocycles. The first kappa shape index (κ1) is 15.0. The van der Waals surface area contributed by atoms with Crippen molar-refractivity contribution in [1.29, 1.82) is 5.26 Å². The molecule has 1 aromatic rings. The number of carbonyl (C=O) groups excluding carboxylic acids is 1. The smallest absolute Gasteiger partial charge is 0.244 e. The van der Waals surface area contributed by atoms with Crippen LogP contribution in [0.2, 0.25) is 5.02 Å². The maximum Gasteiger partial charge on any atom is 0.244 e. The highest BCUT2D eigenvalue weighted by Crippen LogP contribution is 2.27. The molecule has 5 nitrogen and oxygen atoms in total. The predicted octanol–water partition coefficient (Wildman–Crippen LogP) is 1.81. The van der Waals surface area contributed by atoms with Gasteiger partial charge in [-0.05, 0) is 31.0 Å². The van der Waals surface area contributed by atoms with Crippen molar-refractivity contribution in [2.24, 2.45) is 5.92 Å². The van der Waals surface area contributed by atoms with Gasteiger partial charge in [0, 0.05) is 24.0 Å². The number of benzene rings is 1. The number of hydrogen-bond acceptors (Lipinski definition) is 4. The molecule has 1 aliphatic heterocycles. The second-order valence-electron chi connectivity index (χ2n) is 4.65. The molecule has 0 saturated carbocycles. The van der Waals surface area contributed by atoms with E-state index >= 15 is 0 Å². The topological polar surface area (TPSA) is 78.2 Å². The summed E-state index contributed by atoms with van der Waals surface area (Å²) in [5.74, 6) is -0.289. The molecule has 0 spiro atoms. The third kappa shape index (κ3) is 2.85. The van der Waals surface area contributed by atoms with Crippen molar-refractivity contribution < 1.29 is 13.2 Å². The maximum atomic E-state index is 12.6. The van der Waals surface area contributed by atoms with Gasteiger partial charge in [0.1, 0.15) is 17.3 Å². The van der Waals surface area contributed by atoms with Gasteiger partial charge in [-0.3, -0.25) is 0 Å². The van der Waals surface area contributed by atoms with Crippen molar-refractivity contribution in [2.75, 3.05) is 13.1 Å². The van der Waals surface area contributed by atoms with Crippen molar-refractivity contribution in [2.45, 2.75) is 17.7 Å². The molecule has 0 bridgehead atoms. The van der Waals surface area contributed by atoms with E-state index in [0.29, 0.717) is 19.4 Å². The first-order chi connectivity index (χ1) is 9.48. The molecule has 1 unspecified atom stereocenters. The van der Waals surface area contributed by atoms with E-state index < -0.39 is 10.0 Å². The number of carbonyl (C=O) groups is 1. The van der Waals surface area contributed by atoms with E-state index in [2.05, 4.69) is 0 Å². The fraction of sp³-hybridized carbons (Fsp3) is 0.385. The number of aldehydes is 1. The van der Waals surface area contributed by atoms with E-state index in [1.807, 2.05) is 6.07 Å². The minimum absolute atomic E-state index is 0.0580. The van der Waals surface area contributed by atoms with Crippen LogP contribution in [0.5, 0.6) is 0 Å². The number of piperidine rings is 1. The molecule has 0 amide bonds. The molecule has 7 heteroatoms. The fourth-order valence-corrected chi connectivity index (χ4v) is 4.18. The van der Waals surface area contributed by atoms with Crippen LogP contribution >= 0.6 is 11.6 Å². The first-order valence-corrected chi connectivity index (χ1v) is 7.96. The molecule has 1 fully saturated rings. The number of hydrogen-bond donors (Lipinski definition) is 0. The van der Waals surface area contributed by atoms with Gasteiger partial charge in [-0.15, -0.1) is 0 Å². The Morgan fingerprint density at radius 2 is 2.20 bits per heavy atom. The Hall–Kier alpha value is -1.42. The third-order valence-electron chi connectivity index (χ3n) is 3.29. The van der Waals surface area contributed by atoms with Gasteiger partial charge in [-0.25, -0.2) is 8.42 Å². The monoisotopic (exact) mass is 312 g/mol. The second-order valence-corrected chi connectivity index (χ2v) is 7.00. The summed E-state index contributed by atoms with van der Waals surface area (Å²) in [7, 11) is -3.80.